The molecule has 4 rings (SSSR count). The third-order valence-corrected chi connectivity index (χ3v) is 14.1. The van der Waals surface area contributed by atoms with Crippen molar-refractivity contribution in [2.24, 2.45) is 0 Å². The Hall–Kier alpha value is 0.0400. The topological polar surface area (TPSA) is 0 Å². The molecule has 2 aliphatic rings. The molecule has 0 saturated carbocycles. The van der Waals surface area contributed by atoms with Crippen LogP contribution in [-0.2, 0) is 0 Å². The minimum absolute atomic E-state index is 0.0693. The van der Waals surface area contributed by atoms with Crippen LogP contribution in [0.5, 0.6) is 0 Å². The molecule has 0 bridgehead atoms. The molecule has 0 nitrogen and oxygen atoms in total. The largest absolute Gasteiger partial charge is 0.135 e. The molecule has 2 saturated heterocycles. The van der Waals surface area contributed by atoms with Gasteiger partial charge in [0.2, 0.25) is 0 Å². The molecule has 4 unspecified atom stereocenters. The molecule has 0 aliphatic carbocycles. The van der Waals surface area contributed by atoms with Crippen molar-refractivity contribution >= 4 is 47.2 Å². The third-order valence-electron chi connectivity index (χ3n) is 5.58. The van der Waals surface area contributed by atoms with Crippen LogP contribution in [0, 0.1) is 0 Å². The van der Waals surface area contributed by atoms with E-state index in [9.17, 15) is 0 Å². The lowest BCUT2D eigenvalue weighted by Gasteiger charge is -2.25. The summed E-state index contributed by atoms with van der Waals surface area (Å²) in [6.07, 6.45) is 7.30. The SMILES string of the molecule is CC1CCCP1c1c(P2C(C)CC[C@@H]2C)sc2ccccc12. The fourth-order valence-corrected chi connectivity index (χ4v) is 14.0. The monoisotopic (exact) mass is 348 g/mol. The van der Waals surface area contributed by atoms with Gasteiger partial charge in [-0.2, -0.15) is 0 Å². The van der Waals surface area contributed by atoms with Gasteiger partial charge in [-0.05, 0) is 54.9 Å². The van der Waals surface area contributed by atoms with Crippen molar-refractivity contribution in [1.82, 2.24) is 0 Å². The molecule has 2 fully saturated rings. The Labute approximate surface area is 141 Å². The molecule has 118 valence electrons. The van der Waals surface area contributed by atoms with Crippen molar-refractivity contribution in [3.8, 4) is 0 Å². The van der Waals surface area contributed by atoms with Crippen LogP contribution in [0.25, 0.3) is 10.1 Å². The van der Waals surface area contributed by atoms with Crippen LogP contribution in [0.15, 0.2) is 24.3 Å². The first-order valence-corrected chi connectivity index (χ1v) is 12.6. The number of fused-ring (bicyclic) bond motifs is 1. The Morgan fingerprint density at radius 1 is 0.955 bits per heavy atom. The molecule has 3 heterocycles. The molecule has 3 heteroatoms. The van der Waals surface area contributed by atoms with Gasteiger partial charge in [-0.3, -0.25) is 0 Å². The second-order valence-corrected chi connectivity index (χ2v) is 14.2. The number of rotatable bonds is 2. The lowest BCUT2D eigenvalue weighted by Crippen LogP contribution is -2.23. The number of hydrogen-bond donors (Lipinski definition) is 0. The van der Waals surface area contributed by atoms with Gasteiger partial charge in [0.05, 0.1) is 0 Å². The van der Waals surface area contributed by atoms with Crippen molar-refractivity contribution in [3.63, 3.8) is 0 Å². The van der Waals surface area contributed by atoms with Gasteiger partial charge < -0.3 is 0 Å². The molecule has 0 N–H and O–H groups in total. The van der Waals surface area contributed by atoms with E-state index in [1.165, 1.54) is 31.8 Å². The molecule has 0 spiro atoms. The van der Waals surface area contributed by atoms with E-state index in [0.717, 1.165) is 17.0 Å². The third kappa shape index (κ3) is 2.49. The van der Waals surface area contributed by atoms with Gasteiger partial charge in [-0.25, -0.2) is 0 Å². The molecular weight excluding hydrogens is 322 g/mol. The highest BCUT2D eigenvalue weighted by Gasteiger charge is 2.37. The highest BCUT2D eigenvalue weighted by molar-refractivity contribution is 7.78. The Balaban J connectivity index is 1.90. The molecule has 5 atom stereocenters. The fraction of sp³-hybridized carbons (Fsp3) is 0.579. The molecular formula is C19H26P2S. The predicted molar refractivity (Wildman–Crippen MR) is 107 cm³/mol. The Bertz CT molecular complexity index is 667. The van der Waals surface area contributed by atoms with Crippen LogP contribution >= 0.6 is 27.2 Å². The lowest BCUT2D eigenvalue weighted by molar-refractivity contribution is 0.777. The van der Waals surface area contributed by atoms with Crippen LogP contribution < -0.4 is 9.92 Å². The van der Waals surface area contributed by atoms with Gasteiger partial charge in [0, 0.05) is 20.0 Å². The quantitative estimate of drug-likeness (QED) is 0.596. The van der Waals surface area contributed by atoms with E-state index >= 15 is 0 Å². The molecule has 2 aromatic rings. The van der Waals surface area contributed by atoms with Crippen molar-refractivity contribution in [2.75, 3.05) is 6.16 Å². The number of thiophene rings is 1. The second kappa shape index (κ2) is 6.16. The maximum Gasteiger partial charge on any atom is 0.0372 e. The van der Waals surface area contributed by atoms with E-state index in [1.807, 2.05) is 9.92 Å². The molecule has 0 radical (unpaired) electrons. The predicted octanol–water partition coefficient (Wildman–Crippen LogP) is 5.87. The first-order valence-electron chi connectivity index (χ1n) is 8.73. The summed E-state index contributed by atoms with van der Waals surface area (Å²) in [6.45, 7) is 7.56. The summed E-state index contributed by atoms with van der Waals surface area (Å²) in [5.41, 5.74) is 2.81. The molecule has 22 heavy (non-hydrogen) atoms. The highest BCUT2D eigenvalue weighted by Crippen LogP contribution is 2.59. The summed E-state index contributed by atoms with van der Waals surface area (Å²) < 4.78 is 3.41. The maximum absolute atomic E-state index is 2.52. The van der Waals surface area contributed by atoms with Crippen molar-refractivity contribution in [1.29, 1.82) is 0 Å². The van der Waals surface area contributed by atoms with Crippen LogP contribution in [0.1, 0.15) is 46.5 Å². The Morgan fingerprint density at radius 3 is 2.36 bits per heavy atom. The standard InChI is InChI=1S/C19H26P2S/c1-13-7-6-12-20(13)18-16-8-4-5-9-17(16)22-19(18)21-14(2)10-11-15(21)3/h4-5,8-9,13-15H,6-7,10-12H2,1-3H3/t13?,14-,15?,20?,21?/m0/s1. The maximum atomic E-state index is 2.52. The van der Waals surface area contributed by atoms with Crippen molar-refractivity contribution in [2.45, 2.75) is 63.4 Å². The van der Waals surface area contributed by atoms with E-state index in [-0.39, 0.29) is 15.8 Å². The van der Waals surface area contributed by atoms with Gasteiger partial charge in [0.15, 0.2) is 0 Å². The summed E-state index contributed by atoms with van der Waals surface area (Å²) in [7, 11) is 0.157. The summed E-state index contributed by atoms with van der Waals surface area (Å²) in [6, 6.07) is 9.27. The second-order valence-electron chi connectivity index (χ2n) is 7.12. The Kier molecular flexibility index (Phi) is 4.36. The van der Waals surface area contributed by atoms with Gasteiger partial charge in [-0.15, -0.1) is 11.3 Å². The molecule has 1 aromatic carbocycles. The van der Waals surface area contributed by atoms with Crippen LogP contribution in [-0.4, -0.2) is 23.1 Å². The van der Waals surface area contributed by atoms with E-state index < -0.39 is 0 Å². The highest BCUT2D eigenvalue weighted by atomic mass is 32.1. The average Bonchev–Trinajstić information content (AvgIpc) is 3.16. The van der Waals surface area contributed by atoms with Gasteiger partial charge in [0.25, 0.3) is 0 Å². The normalized spacial score (nSPS) is 35.5. The minimum atomic E-state index is 0.0693. The number of benzene rings is 1. The van der Waals surface area contributed by atoms with Crippen LogP contribution in [0.2, 0.25) is 0 Å². The minimum Gasteiger partial charge on any atom is -0.135 e. The smallest absolute Gasteiger partial charge is 0.0372 e. The zero-order valence-corrected chi connectivity index (χ0v) is 16.5. The lowest BCUT2D eigenvalue weighted by atomic mass is 10.2. The molecule has 2 aliphatic heterocycles. The average molecular weight is 348 g/mol. The summed E-state index contributed by atoms with van der Waals surface area (Å²) >= 11 is 2.16. The van der Waals surface area contributed by atoms with E-state index in [1.54, 1.807) is 10.1 Å². The van der Waals surface area contributed by atoms with Crippen molar-refractivity contribution in [3.05, 3.63) is 24.3 Å². The van der Waals surface area contributed by atoms with Gasteiger partial charge >= 0.3 is 0 Å². The first kappa shape index (κ1) is 15.6. The fourth-order valence-electron chi connectivity index (χ4n) is 4.33. The van der Waals surface area contributed by atoms with E-state index in [4.69, 9.17) is 0 Å². The van der Waals surface area contributed by atoms with Gasteiger partial charge in [0.1, 0.15) is 0 Å². The Morgan fingerprint density at radius 2 is 1.68 bits per heavy atom. The zero-order chi connectivity index (χ0) is 15.3. The summed E-state index contributed by atoms with van der Waals surface area (Å²) in [5.74, 6) is 0. The van der Waals surface area contributed by atoms with E-state index in [0.29, 0.717) is 0 Å². The number of hydrogen-bond acceptors (Lipinski definition) is 1. The summed E-state index contributed by atoms with van der Waals surface area (Å²) in [4.78, 5) is 0. The van der Waals surface area contributed by atoms with E-state index in [2.05, 4.69) is 56.4 Å². The van der Waals surface area contributed by atoms with Crippen LogP contribution in [0.3, 0.4) is 0 Å². The van der Waals surface area contributed by atoms with Gasteiger partial charge in [-0.1, -0.05) is 54.8 Å². The van der Waals surface area contributed by atoms with Crippen LogP contribution in [0.4, 0.5) is 0 Å². The molecule has 0 amide bonds. The molecule has 1 aromatic heterocycles. The zero-order valence-electron chi connectivity index (χ0n) is 13.9. The summed E-state index contributed by atoms with van der Waals surface area (Å²) in [5, 5.41) is 3.48. The van der Waals surface area contributed by atoms with Crippen molar-refractivity contribution < 1.29 is 0 Å². The first-order chi connectivity index (χ1) is 10.7.